The molecule has 32 heavy (non-hydrogen) atoms. The second-order valence-corrected chi connectivity index (χ2v) is 9.42. The lowest BCUT2D eigenvalue weighted by molar-refractivity contribution is -0.148. The van der Waals surface area contributed by atoms with Gasteiger partial charge in [-0.3, -0.25) is 14.5 Å². The van der Waals surface area contributed by atoms with Crippen molar-refractivity contribution < 1.29 is 14.7 Å². The molecule has 168 valence electrons. The zero-order valence-electron chi connectivity index (χ0n) is 16.5. The van der Waals surface area contributed by atoms with Crippen LogP contribution >= 0.6 is 35.7 Å². The van der Waals surface area contributed by atoms with E-state index in [0.717, 1.165) is 6.07 Å². The number of tetrazole rings is 1. The molecule has 1 unspecified atom stereocenters. The molecular formula is C16H17N9O4S3. The third-order valence-electron chi connectivity index (χ3n) is 4.66. The molecule has 0 aliphatic carbocycles. The van der Waals surface area contributed by atoms with E-state index in [4.69, 9.17) is 18.0 Å². The first kappa shape index (κ1) is 22.2. The Labute approximate surface area is 194 Å². The fourth-order valence-electron chi connectivity index (χ4n) is 3.28. The number of H-pyrrole nitrogens is 1. The van der Waals surface area contributed by atoms with Gasteiger partial charge in [-0.05, 0) is 16.0 Å². The maximum atomic E-state index is 12.8. The second-order valence-electron chi connectivity index (χ2n) is 6.88. The SMILES string of the molecule is Cn1nnnc1SCC1=C(C(=O)O)N2C(=O)C(NC(=S)Cc3nc(N)cc(=O)[nH]3)[C@H]2SC1. The highest BCUT2D eigenvalue weighted by molar-refractivity contribution is 8.01. The largest absolute Gasteiger partial charge is 0.477 e. The van der Waals surface area contributed by atoms with E-state index in [1.165, 1.54) is 33.1 Å². The maximum Gasteiger partial charge on any atom is 0.352 e. The van der Waals surface area contributed by atoms with Crippen LogP contribution in [0.2, 0.25) is 0 Å². The molecule has 2 atom stereocenters. The van der Waals surface area contributed by atoms with Crippen LogP contribution < -0.4 is 16.6 Å². The molecule has 13 nitrogen and oxygen atoms in total. The summed E-state index contributed by atoms with van der Waals surface area (Å²) in [6.07, 6.45) is 0.0893. The number of thiocarbonyl (C=S) groups is 1. The molecule has 5 N–H and O–H groups in total. The first-order valence-electron chi connectivity index (χ1n) is 9.15. The van der Waals surface area contributed by atoms with Gasteiger partial charge in [-0.2, -0.15) is 0 Å². The highest BCUT2D eigenvalue weighted by atomic mass is 32.2. The van der Waals surface area contributed by atoms with Crippen molar-refractivity contribution in [3.63, 3.8) is 0 Å². The molecule has 1 amide bonds. The molecule has 1 fully saturated rings. The van der Waals surface area contributed by atoms with Crippen molar-refractivity contribution in [3.05, 3.63) is 33.5 Å². The molecule has 2 aliphatic rings. The Bertz CT molecular complexity index is 1190. The van der Waals surface area contributed by atoms with E-state index in [1.807, 2.05) is 0 Å². The molecule has 4 heterocycles. The van der Waals surface area contributed by atoms with E-state index >= 15 is 0 Å². The molecular weight excluding hydrogens is 478 g/mol. The van der Waals surface area contributed by atoms with E-state index in [1.54, 1.807) is 7.05 Å². The summed E-state index contributed by atoms with van der Waals surface area (Å²) in [4.78, 5) is 44.4. The standard InChI is InChI=1S/C16H17N9O4S3/c1-24-16(21-22-23-24)32-5-6-4-31-14-11(13(27)25(14)12(6)15(28)29)20-10(30)3-8-18-7(17)2-9(26)19-8/h2,11,14H,3-5H2,1H3,(H,20,30)(H,28,29)(H3,17,18,19,26)/t11?,14-/m1/s1. The van der Waals surface area contributed by atoms with E-state index in [-0.39, 0.29) is 34.7 Å². The lowest BCUT2D eigenvalue weighted by Crippen LogP contribution is -2.70. The number of carboxylic acids is 1. The molecule has 0 spiro atoms. The quantitative estimate of drug-likeness (QED) is 0.203. The first-order chi connectivity index (χ1) is 15.2. The fraction of sp³-hybridized carbons (Fsp3) is 0.375. The predicted octanol–water partition coefficient (Wildman–Crippen LogP) is -1.25. The van der Waals surface area contributed by atoms with Gasteiger partial charge >= 0.3 is 5.97 Å². The average Bonchev–Trinajstić information content (AvgIpc) is 3.13. The van der Waals surface area contributed by atoms with Gasteiger partial charge in [0.05, 0.1) is 11.4 Å². The number of aromatic amines is 1. The van der Waals surface area contributed by atoms with Crippen LogP contribution in [-0.2, 0) is 23.1 Å². The Balaban J connectivity index is 1.44. The van der Waals surface area contributed by atoms with Gasteiger partial charge in [-0.25, -0.2) is 14.5 Å². The summed E-state index contributed by atoms with van der Waals surface area (Å²) in [6, 6.07) is 0.481. The Morgan fingerprint density at radius 1 is 1.50 bits per heavy atom. The molecule has 4 rings (SSSR count). The number of nitrogen functional groups attached to an aromatic ring is 1. The minimum Gasteiger partial charge on any atom is -0.477 e. The average molecular weight is 496 g/mol. The van der Waals surface area contributed by atoms with Crippen LogP contribution in [0.15, 0.2) is 27.3 Å². The van der Waals surface area contributed by atoms with Crippen molar-refractivity contribution in [3.8, 4) is 0 Å². The number of aryl methyl sites for hydroxylation is 1. The number of carboxylic acid groups (broad SMARTS) is 1. The zero-order chi connectivity index (χ0) is 23.0. The number of fused-ring (bicyclic) bond motifs is 1. The van der Waals surface area contributed by atoms with E-state index in [2.05, 4.69) is 30.8 Å². The third kappa shape index (κ3) is 4.33. The number of hydrogen-bond donors (Lipinski definition) is 4. The number of amides is 1. The Morgan fingerprint density at radius 3 is 2.94 bits per heavy atom. The minimum atomic E-state index is -1.17. The summed E-state index contributed by atoms with van der Waals surface area (Å²) in [5.74, 6) is -0.444. The maximum absolute atomic E-state index is 12.8. The van der Waals surface area contributed by atoms with Crippen molar-refractivity contribution in [2.45, 2.75) is 23.0 Å². The molecule has 2 aliphatic heterocycles. The summed E-state index contributed by atoms with van der Waals surface area (Å²) in [7, 11) is 1.69. The summed E-state index contributed by atoms with van der Waals surface area (Å²) in [6.45, 7) is 0. The Hall–Kier alpha value is -2.98. The highest BCUT2D eigenvalue weighted by Gasteiger charge is 2.53. The summed E-state index contributed by atoms with van der Waals surface area (Å²) < 4.78 is 1.49. The molecule has 1 saturated heterocycles. The van der Waals surface area contributed by atoms with Crippen LogP contribution in [-0.4, -0.2) is 80.0 Å². The van der Waals surface area contributed by atoms with Gasteiger partial charge in [0.25, 0.3) is 11.5 Å². The van der Waals surface area contributed by atoms with Crippen molar-refractivity contribution in [1.82, 2.24) is 40.4 Å². The van der Waals surface area contributed by atoms with Gasteiger partial charge in [0.2, 0.25) is 5.16 Å². The number of thioether (sulfide) groups is 2. The van der Waals surface area contributed by atoms with Crippen molar-refractivity contribution in [1.29, 1.82) is 0 Å². The molecule has 0 aromatic carbocycles. The number of rotatable bonds is 7. The minimum absolute atomic E-state index is 0.0211. The molecule has 16 heteroatoms. The molecule has 0 saturated carbocycles. The lowest BCUT2D eigenvalue weighted by atomic mass is 10.0. The number of carbonyl (C=O) groups is 2. The van der Waals surface area contributed by atoms with E-state index in [9.17, 15) is 19.5 Å². The van der Waals surface area contributed by atoms with Crippen LogP contribution in [0.4, 0.5) is 5.82 Å². The molecule has 2 aromatic rings. The van der Waals surface area contributed by atoms with Crippen LogP contribution in [0.1, 0.15) is 5.82 Å². The smallest absolute Gasteiger partial charge is 0.352 e. The number of nitrogens with zero attached hydrogens (tertiary/aromatic N) is 6. The van der Waals surface area contributed by atoms with Crippen LogP contribution in [0.25, 0.3) is 0 Å². The summed E-state index contributed by atoms with van der Waals surface area (Å²) >= 11 is 8.04. The molecule has 0 radical (unpaired) electrons. The number of carbonyl (C=O) groups excluding carboxylic acids is 1. The lowest BCUT2D eigenvalue weighted by Gasteiger charge is -2.49. The van der Waals surface area contributed by atoms with E-state index < -0.39 is 22.9 Å². The monoisotopic (exact) mass is 495 g/mol. The van der Waals surface area contributed by atoms with Gasteiger partial charge in [0, 0.05) is 24.6 Å². The van der Waals surface area contributed by atoms with Crippen LogP contribution in [0.3, 0.4) is 0 Å². The highest BCUT2D eigenvalue weighted by Crippen LogP contribution is 2.41. The van der Waals surface area contributed by atoms with Gasteiger partial charge in [0.1, 0.15) is 28.8 Å². The summed E-state index contributed by atoms with van der Waals surface area (Å²) in [5.41, 5.74) is 5.76. The van der Waals surface area contributed by atoms with Crippen LogP contribution in [0.5, 0.6) is 0 Å². The number of nitrogens with two attached hydrogens (primary N) is 1. The Morgan fingerprint density at radius 2 is 2.28 bits per heavy atom. The van der Waals surface area contributed by atoms with Crippen molar-refractivity contribution >= 4 is 58.4 Å². The predicted molar refractivity (Wildman–Crippen MR) is 120 cm³/mol. The number of aliphatic carboxylic acids is 1. The van der Waals surface area contributed by atoms with E-state index in [0.29, 0.717) is 22.2 Å². The number of hydrogen-bond acceptors (Lipinski definition) is 11. The molecule has 2 aromatic heterocycles. The normalized spacial score (nSPS) is 20.0. The number of anilines is 1. The van der Waals surface area contributed by atoms with Gasteiger partial charge in [0.15, 0.2) is 0 Å². The summed E-state index contributed by atoms with van der Waals surface area (Å²) in [5, 5.41) is 24.0. The van der Waals surface area contributed by atoms with Crippen molar-refractivity contribution in [2.24, 2.45) is 7.05 Å². The zero-order valence-corrected chi connectivity index (χ0v) is 19.0. The van der Waals surface area contributed by atoms with Gasteiger partial charge < -0.3 is 21.1 Å². The van der Waals surface area contributed by atoms with Gasteiger partial charge in [-0.1, -0.05) is 24.0 Å². The van der Waals surface area contributed by atoms with Gasteiger partial charge in [-0.15, -0.1) is 16.9 Å². The second kappa shape index (κ2) is 8.87. The third-order valence-corrected chi connectivity index (χ3v) is 7.36. The number of β-lactam (4-membered cyclic amide) rings is 1. The topological polar surface area (TPSA) is 185 Å². The Kier molecular flexibility index (Phi) is 6.16. The molecule has 0 bridgehead atoms. The van der Waals surface area contributed by atoms with Crippen molar-refractivity contribution in [2.75, 3.05) is 17.2 Å². The fourth-order valence-corrected chi connectivity index (χ4v) is 5.88. The van der Waals surface area contributed by atoms with Crippen LogP contribution in [0, 0.1) is 0 Å². The number of nitrogens with one attached hydrogen (secondary N) is 2. The number of aromatic nitrogens is 6. The first-order valence-corrected chi connectivity index (χ1v) is 11.6.